The van der Waals surface area contributed by atoms with Crippen molar-refractivity contribution in [2.24, 2.45) is 4.99 Å². The maximum Gasteiger partial charge on any atom is 0.291 e. The molecule has 1 aromatic carbocycles. The summed E-state index contributed by atoms with van der Waals surface area (Å²) in [5, 5.41) is 3.33. The molecule has 1 fully saturated rings. The highest BCUT2D eigenvalue weighted by molar-refractivity contribution is 6.42. The topological polar surface area (TPSA) is 69.2 Å². The molecule has 0 radical (unpaired) electrons. The van der Waals surface area contributed by atoms with Crippen LogP contribution in [-0.4, -0.2) is 51.5 Å². The van der Waals surface area contributed by atoms with Crippen LogP contribution in [0.4, 0.5) is 0 Å². The van der Waals surface area contributed by atoms with Gasteiger partial charge in [-0.1, -0.05) is 23.2 Å². The van der Waals surface area contributed by atoms with Crippen LogP contribution in [0.3, 0.4) is 0 Å². The summed E-state index contributed by atoms with van der Waals surface area (Å²) in [6.45, 7) is 1.85. The van der Waals surface area contributed by atoms with E-state index in [-0.39, 0.29) is 24.6 Å². The fourth-order valence-electron chi connectivity index (χ4n) is 2.12. The number of nitrogens with zero attached hydrogens (tertiary/aromatic N) is 1. The van der Waals surface area contributed by atoms with E-state index in [1.165, 1.54) is 6.07 Å². The number of methoxy groups -OCH3 is 1. The summed E-state index contributed by atoms with van der Waals surface area (Å²) in [6, 6.07) is 4.77. The van der Waals surface area contributed by atoms with E-state index in [4.69, 9.17) is 37.4 Å². The highest BCUT2D eigenvalue weighted by Gasteiger charge is 2.17. The molecule has 8 heteroatoms. The van der Waals surface area contributed by atoms with E-state index in [0.717, 1.165) is 19.4 Å². The molecule has 132 valence electrons. The van der Waals surface area contributed by atoms with Gasteiger partial charge in [-0.05, 0) is 31.0 Å². The summed E-state index contributed by atoms with van der Waals surface area (Å²) in [6.07, 6.45) is 2.04. The maximum atomic E-state index is 12.3. The lowest BCUT2D eigenvalue weighted by atomic mass is 10.2. The second-order valence-electron chi connectivity index (χ2n) is 5.21. The zero-order valence-electron chi connectivity index (χ0n) is 13.4. The van der Waals surface area contributed by atoms with Crippen molar-refractivity contribution in [2.45, 2.75) is 18.9 Å². The normalized spacial score (nSPS) is 17.8. The van der Waals surface area contributed by atoms with Crippen molar-refractivity contribution in [3.63, 3.8) is 0 Å². The molecule has 2 rings (SSSR count). The second kappa shape index (κ2) is 9.84. The molecule has 0 unspecified atom stereocenters. The summed E-state index contributed by atoms with van der Waals surface area (Å²) >= 11 is 11.8. The molecule has 1 aliphatic heterocycles. The third-order valence-corrected chi connectivity index (χ3v) is 4.13. The molecular weight excluding hydrogens is 355 g/mol. The number of nitrogens with one attached hydrogen (secondary N) is 1. The van der Waals surface area contributed by atoms with Crippen molar-refractivity contribution in [1.82, 2.24) is 5.32 Å². The van der Waals surface area contributed by atoms with E-state index in [2.05, 4.69) is 10.3 Å². The van der Waals surface area contributed by atoms with Gasteiger partial charge in [0.25, 0.3) is 11.9 Å². The van der Waals surface area contributed by atoms with E-state index >= 15 is 0 Å². The first kappa shape index (κ1) is 19.0. The van der Waals surface area contributed by atoms with Gasteiger partial charge in [0.15, 0.2) is 0 Å². The average molecular weight is 375 g/mol. The molecule has 1 saturated heterocycles. The number of amides is 1. The zero-order valence-corrected chi connectivity index (χ0v) is 14.9. The lowest BCUT2D eigenvalue weighted by Crippen LogP contribution is -2.34. The first-order chi connectivity index (χ1) is 11.6. The number of carbonyl (C=O) groups excluding carboxylic acids is 1. The lowest BCUT2D eigenvalue weighted by molar-refractivity contribution is 0.0949. The fraction of sp³-hybridized carbons (Fsp3) is 0.500. The van der Waals surface area contributed by atoms with Crippen LogP contribution < -0.4 is 5.32 Å². The SMILES string of the molecule is COCCOC(=NC[C@@H]1CCCO1)NC(=O)c1ccc(Cl)c(Cl)c1. The first-order valence-electron chi connectivity index (χ1n) is 7.64. The number of aliphatic imine (C=N–C) groups is 1. The number of ether oxygens (including phenoxy) is 3. The molecular formula is C16H20Cl2N2O4. The third kappa shape index (κ3) is 5.94. The predicted octanol–water partition coefficient (Wildman–Crippen LogP) is 2.92. The molecule has 0 spiro atoms. The van der Waals surface area contributed by atoms with Crippen LogP contribution in [0.1, 0.15) is 23.2 Å². The molecule has 1 amide bonds. The van der Waals surface area contributed by atoms with Crippen molar-refractivity contribution in [3.05, 3.63) is 33.8 Å². The van der Waals surface area contributed by atoms with Crippen LogP contribution >= 0.6 is 23.2 Å². The number of rotatable bonds is 6. The molecule has 1 heterocycles. The Morgan fingerprint density at radius 2 is 2.21 bits per heavy atom. The molecule has 0 bridgehead atoms. The summed E-state index contributed by atoms with van der Waals surface area (Å²) in [5.41, 5.74) is 0.365. The molecule has 1 aromatic rings. The van der Waals surface area contributed by atoms with Crippen molar-refractivity contribution in [3.8, 4) is 0 Å². The Balaban J connectivity index is 2.00. The molecule has 0 aliphatic carbocycles. The largest absolute Gasteiger partial charge is 0.463 e. The predicted molar refractivity (Wildman–Crippen MR) is 93.0 cm³/mol. The van der Waals surface area contributed by atoms with Gasteiger partial charge in [-0.25, -0.2) is 4.99 Å². The Kier molecular flexibility index (Phi) is 7.78. The number of hydrogen-bond donors (Lipinski definition) is 1. The minimum Gasteiger partial charge on any atom is -0.463 e. The highest BCUT2D eigenvalue weighted by Crippen LogP contribution is 2.22. The molecule has 6 nitrogen and oxygen atoms in total. The number of hydrogen-bond acceptors (Lipinski definition) is 5. The van der Waals surface area contributed by atoms with Crippen LogP contribution in [0.2, 0.25) is 10.0 Å². The molecule has 1 N–H and O–H groups in total. The van der Waals surface area contributed by atoms with E-state index < -0.39 is 0 Å². The quantitative estimate of drug-likeness (QED) is 0.472. The summed E-state index contributed by atoms with van der Waals surface area (Å²) in [4.78, 5) is 16.6. The third-order valence-electron chi connectivity index (χ3n) is 3.39. The fourth-order valence-corrected chi connectivity index (χ4v) is 2.42. The number of carbonyl (C=O) groups is 1. The highest BCUT2D eigenvalue weighted by atomic mass is 35.5. The molecule has 24 heavy (non-hydrogen) atoms. The minimum atomic E-state index is -0.378. The Bertz CT molecular complexity index is 589. The van der Waals surface area contributed by atoms with Crippen LogP contribution in [0, 0.1) is 0 Å². The van der Waals surface area contributed by atoms with E-state index in [1.54, 1.807) is 19.2 Å². The van der Waals surface area contributed by atoms with Gasteiger partial charge in [0.2, 0.25) is 0 Å². The van der Waals surface area contributed by atoms with Crippen molar-refractivity contribution >= 4 is 35.1 Å². The second-order valence-corrected chi connectivity index (χ2v) is 6.02. The van der Waals surface area contributed by atoms with E-state index in [1.807, 2.05) is 0 Å². The van der Waals surface area contributed by atoms with Crippen LogP contribution in [-0.2, 0) is 14.2 Å². The Morgan fingerprint density at radius 1 is 1.38 bits per heavy atom. The van der Waals surface area contributed by atoms with Crippen molar-refractivity contribution in [1.29, 1.82) is 0 Å². The van der Waals surface area contributed by atoms with Gasteiger partial charge < -0.3 is 14.2 Å². The molecule has 1 aliphatic rings. The van der Waals surface area contributed by atoms with Crippen LogP contribution in [0.5, 0.6) is 0 Å². The molecule has 1 atom stereocenters. The van der Waals surface area contributed by atoms with Gasteiger partial charge in [0, 0.05) is 19.3 Å². The number of halogens is 2. The minimum absolute atomic E-state index is 0.0629. The van der Waals surface area contributed by atoms with E-state index in [9.17, 15) is 4.79 Å². The van der Waals surface area contributed by atoms with Gasteiger partial charge in [-0.2, -0.15) is 0 Å². The van der Waals surface area contributed by atoms with Gasteiger partial charge in [0.05, 0.1) is 29.3 Å². The van der Waals surface area contributed by atoms with Gasteiger partial charge in [-0.3, -0.25) is 10.1 Å². The number of amidine groups is 1. The summed E-state index contributed by atoms with van der Waals surface area (Å²) in [5.74, 6) is -0.378. The summed E-state index contributed by atoms with van der Waals surface area (Å²) in [7, 11) is 1.57. The van der Waals surface area contributed by atoms with Gasteiger partial charge >= 0.3 is 0 Å². The maximum absolute atomic E-state index is 12.3. The van der Waals surface area contributed by atoms with E-state index in [0.29, 0.717) is 28.8 Å². The zero-order chi connectivity index (χ0) is 17.4. The Labute approximate surface area is 151 Å². The van der Waals surface area contributed by atoms with Crippen molar-refractivity contribution in [2.75, 3.05) is 33.5 Å². The van der Waals surface area contributed by atoms with Crippen molar-refractivity contribution < 1.29 is 19.0 Å². The van der Waals surface area contributed by atoms with Gasteiger partial charge in [0.1, 0.15) is 6.61 Å². The first-order valence-corrected chi connectivity index (χ1v) is 8.40. The van der Waals surface area contributed by atoms with Crippen LogP contribution in [0.15, 0.2) is 23.2 Å². The van der Waals surface area contributed by atoms with Crippen LogP contribution in [0.25, 0.3) is 0 Å². The monoisotopic (exact) mass is 374 g/mol. The van der Waals surface area contributed by atoms with Gasteiger partial charge in [-0.15, -0.1) is 0 Å². The smallest absolute Gasteiger partial charge is 0.291 e. The Hall–Kier alpha value is -1.34. The number of benzene rings is 1. The molecule has 0 aromatic heterocycles. The Morgan fingerprint density at radius 3 is 2.88 bits per heavy atom. The standard InChI is InChI=1S/C16H20Cl2N2O4/c1-22-7-8-24-16(19-10-12-3-2-6-23-12)20-15(21)11-4-5-13(17)14(18)9-11/h4-5,9,12H,2-3,6-8,10H2,1H3,(H,19,20,21)/t12-/m0/s1. The molecule has 0 saturated carbocycles. The summed E-state index contributed by atoms with van der Waals surface area (Å²) < 4.78 is 15.9. The average Bonchev–Trinajstić information content (AvgIpc) is 3.08. The lowest BCUT2D eigenvalue weighted by Gasteiger charge is -2.12.